The van der Waals surface area contributed by atoms with Crippen LogP contribution in [0, 0.1) is 0 Å². The lowest BCUT2D eigenvalue weighted by Crippen LogP contribution is -2.29. The lowest BCUT2D eigenvalue weighted by Gasteiger charge is -2.16. The molecule has 1 heterocycles. The number of carbonyl (C=O) groups is 1. The van der Waals surface area contributed by atoms with Crippen molar-refractivity contribution in [3.8, 4) is 0 Å². The molecule has 2 aromatic rings. The maximum absolute atomic E-state index is 11.9. The SMILES string of the molecule is O=C1CC(S(=O)(=O)Cl)CN1CCc1cccc2ccccc12. The summed E-state index contributed by atoms with van der Waals surface area (Å²) < 4.78 is 22.7. The second kappa shape index (κ2) is 5.89. The van der Waals surface area contributed by atoms with Gasteiger partial charge >= 0.3 is 0 Å². The zero-order valence-corrected chi connectivity index (χ0v) is 13.5. The highest BCUT2D eigenvalue weighted by Crippen LogP contribution is 2.23. The minimum absolute atomic E-state index is 0.0125. The van der Waals surface area contributed by atoms with Gasteiger partial charge in [-0.1, -0.05) is 42.5 Å². The molecule has 0 aliphatic carbocycles. The third kappa shape index (κ3) is 3.10. The van der Waals surface area contributed by atoms with Gasteiger partial charge in [0.2, 0.25) is 15.0 Å². The van der Waals surface area contributed by atoms with E-state index in [-0.39, 0.29) is 18.9 Å². The van der Waals surface area contributed by atoms with E-state index in [0.29, 0.717) is 13.0 Å². The van der Waals surface area contributed by atoms with Crippen molar-refractivity contribution in [1.29, 1.82) is 0 Å². The Hall–Kier alpha value is -1.59. The van der Waals surface area contributed by atoms with Gasteiger partial charge in [0, 0.05) is 30.2 Å². The monoisotopic (exact) mass is 337 g/mol. The Morgan fingerprint density at radius 2 is 1.86 bits per heavy atom. The van der Waals surface area contributed by atoms with E-state index in [9.17, 15) is 13.2 Å². The molecule has 116 valence electrons. The van der Waals surface area contributed by atoms with Crippen LogP contribution in [0.1, 0.15) is 12.0 Å². The third-order valence-corrected chi connectivity index (χ3v) is 5.98. The molecule has 1 saturated heterocycles. The van der Waals surface area contributed by atoms with Crippen LogP contribution in [0.2, 0.25) is 0 Å². The molecule has 1 aliphatic heterocycles. The van der Waals surface area contributed by atoms with Crippen LogP contribution in [0.3, 0.4) is 0 Å². The highest BCUT2D eigenvalue weighted by atomic mass is 35.7. The van der Waals surface area contributed by atoms with Crippen LogP contribution in [0.15, 0.2) is 42.5 Å². The summed E-state index contributed by atoms with van der Waals surface area (Å²) >= 11 is 0. The lowest BCUT2D eigenvalue weighted by molar-refractivity contribution is -0.127. The van der Waals surface area contributed by atoms with E-state index in [1.807, 2.05) is 24.3 Å². The number of hydrogen-bond donors (Lipinski definition) is 0. The minimum Gasteiger partial charge on any atom is -0.341 e. The molecule has 0 N–H and O–H groups in total. The fourth-order valence-electron chi connectivity index (χ4n) is 2.91. The fourth-order valence-corrected chi connectivity index (χ4v) is 3.96. The highest BCUT2D eigenvalue weighted by molar-refractivity contribution is 8.14. The van der Waals surface area contributed by atoms with Gasteiger partial charge in [-0.2, -0.15) is 0 Å². The summed E-state index contributed by atoms with van der Waals surface area (Å²) in [6.07, 6.45) is 0.684. The van der Waals surface area contributed by atoms with Crippen LogP contribution in [-0.4, -0.2) is 37.6 Å². The largest absolute Gasteiger partial charge is 0.341 e. The zero-order valence-electron chi connectivity index (χ0n) is 11.9. The first-order valence-electron chi connectivity index (χ1n) is 7.13. The van der Waals surface area contributed by atoms with Crippen molar-refractivity contribution in [2.75, 3.05) is 13.1 Å². The van der Waals surface area contributed by atoms with Crippen LogP contribution in [0.5, 0.6) is 0 Å². The quantitative estimate of drug-likeness (QED) is 0.806. The molecule has 3 rings (SSSR count). The van der Waals surface area contributed by atoms with E-state index in [1.54, 1.807) is 4.90 Å². The summed E-state index contributed by atoms with van der Waals surface area (Å²) in [6.45, 7) is 0.700. The number of carbonyl (C=O) groups excluding carboxylic acids is 1. The molecular formula is C16H16ClNO3S. The van der Waals surface area contributed by atoms with Gasteiger partial charge in [0.1, 0.15) is 5.25 Å². The second-order valence-corrected chi connectivity index (χ2v) is 8.44. The first-order chi connectivity index (χ1) is 10.4. The van der Waals surface area contributed by atoms with E-state index in [1.165, 1.54) is 0 Å². The maximum Gasteiger partial charge on any atom is 0.237 e. The van der Waals surface area contributed by atoms with Crippen molar-refractivity contribution in [3.05, 3.63) is 48.0 Å². The second-order valence-electron chi connectivity index (χ2n) is 5.53. The first-order valence-corrected chi connectivity index (χ1v) is 9.50. The van der Waals surface area contributed by atoms with Gasteiger partial charge in [0.05, 0.1) is 0 Å². The van der Waals surface area contributed by atoms with Gasteiger partial charge in [0.15, 0.2) is 0 Å². The molecule has 6 heteroatoms. The molecule has 22 heavy (non-hydrogen) atoms. The van der Waals surface area contributed by atoms with Crippen LogP contribution in [0.4, 0.5) is 0 Å². The summed E-state index contributed by atoms with van der Waals surface area (Å²) in [5.41, 5.74) is 1.16. The number of nitrogens with zero attached hydrogens (tertiary/aromatic N) is 1. The first kappa shape index (κ1) is 15.3. The van der Waals surface area contributed by atoms with Crippen LogP contribution in [0.25, 0.3) is 10.8 Å². The molecule has 0 radical (unpaired) electrons. The molecule has 2 aromatic carbocycles. The van der Waals surface area contributed by atoms with Gasteiger partial charge in [-0.3, -0.25) is 4.79 Å². The Morgan fingerprint density at radius 3 is 2.59 bits per heavy atom. The predicted molar refractivity (Wildman–Crippen MR) is 87.4 cm³/mol. The Labute approximate surface area is 134 Å². The van der Waals surface area contributed by atoms with E-state index < -0.39 is 14.3 Å². The van der Waals surface area contributed by atoms with Crippen molar-refractivity contribution in [1.82, 2.24) is 4.90 Å². The third-order valence-electron chi connectivity index (χ3n) is 4.11. The molecule has 1 unspecified atom stereocenters. The fraction of sp³-hybridized carbons (Fsp3) is 0.312. The number of likely N-dealkylation sites (tertiary alicyclic amines) is 1. The summed E-state index contributed by atoms with van der Waals surface area (Å²) in [5, 5.41) is 1.54. The van der Waals surface area contributed by atoms with Crippen LogP contribution >= 0.6 is 10.7 Å². The Morgan fingerprint density at radius 1 is 1.14 bits per heavy atom. The Kier molecular flexibility index (Phi) is 4.10. The van der Waals surface area contributed by atoms with Crippen LogP contribution < -0.4 is 0 Å². The maximum atomic E-state index is 11.9. The minimum atomic E-state index is -3.68. The van der Waals surface area contributed by atoms with Gasteiger partial charge < -0.3 is 4.90 Å². The zero-order chi connectivity index (χ0) is 15.7. The van der Waals surface area contributed by atoms with Gasteiger partial charge in [0.25, 0.3) is 0 Å². The number of amides is 1. The molecule has 0 spiro atoms. The van der Waals surface area contributed by atoms with E-state index in [4.69, 9.17) is 10.7 Å². The molecule has 1 fully saturated rings. The number of halogens is 1. The Bertz CT molecular complexity index is 814. The molecule has 1 atom stereocenters. The van der Waals surface area contributed by atoms with Crippen molar-refractivity contribution in [3.63, 3.8) is 0 Å². The molecule has 0 saturated carbocycles. The smallest absolute Gasteiger partial charge is 0.237 e. The molecule has 1 aliphatic rings. The van der Waals surface area contributed by atoms with E-state index in [2.05, 4.69) is 18.2 Å². The molecule has 1 amide bonds. The average molecular weight is 338 g/mol. The normalized spacial score (nSPS) is 19.0. The highest BCUT2D eigenvalue weighted by Gasteiger charge is 2.36. The van der Waals surface area contributed by atoms with Crippen molar-refractivity contribution in [2.24, 2.45) is 0 Å². The number of hydrogen-bond acceptors (Lipinski definition) is 3. The lowest BCUT2D eigenvalue weighted by atomic mass is 10.0. The summed E-state index contributed by atoms with van der Waals surface area (Å²) in [6, 6.07) is 14.2. The van der Waals surface area contributed by atoms with Crippen molar-refractivity contribution >= 4 is 36.4 Å². The van der Waals surface area contributed by atoms with Gasteiger partial charge in [-0.05, 0) is 22.8 Å². The molecule has 4 nitrogen and oxygen atoms in total. The number of fused-ring (bicyclic) bond motifs is 1. The standard InChI is InChI=1S/C16H16ClNO3S/c17-22(20,21)14-10-16(19)18(11-14)9-8-13-6-3-5-12-4-1-2-7-15(12)13/h1-7,14H,8-11H2. The van der Waals surface area contributed by atoms with E-state index in [0.717, 1.165) is 16.3 Å². The number of rotatable bonds is 4. The molecule has 0 aromatic heterocycles. The van der Waals surface area contributed by atoms with E-state index >= 15 is 0 Å². The average Bonchev–Trinajstić information content (AvgIpc) is 2.86. The van der Waals surface area contributed by atoms with Gasteiger partial charge in [-0.15, -0.1) is 0 Å². The van der Waals surface area contributed by atoms with Gasteiger partial charge in [-0.25, -0.2) is 8.42 Å². The predicted octanol–water partition coefficient (Wildman–Crippen LogP) is 2.55. The van der Waals surface area contributed by atoms with Crippen LogP contribution in [-0.2, 0) is 20.3 Å². The molecular weight excluding hydrogens is 322 g/mol. The Balaban J connectivity index is 1.74. The van der Waals surface area contributed by atoms with Crippen molar-refractivity contribution < 1.29 is 13.2 Å². The van der Waals surface area contributed by atoms with Crippen molar-refractivity contribution in [2.45, 2.75) is 18.1 Å². The summed E-state index contributed by atoms with van der Waals surface area (Å²) in [4.78, 5) is 13.5. The summed E-state index contributed by atoms with van der Waals surface area (Å²) in [5.74, 6) is -0.144. The number of benzene rings is 2. The summed E-state index contributed by atoms with van der Waals surface area (Å²) in [7, 11) is 1.68. The topological polar surface area (TPSA) is 54.5 Å². The molecule has 0 bridgehead atoms.